The Labute approximate surface area is 194 Å². The third-order valence-corrected chi connectivity index (χ3v) is 6.35. The van der Waals surface area contributed by atoms with E-state index in [0.29, 0.717) is 12.3 Å². The van der Waals surface area contributed by atoms with Crippen molar-refractivity contribution in [3.8, 4) is 5.75 Å². The topological polar surface area (TPSA) is 118 Å². The smallest absolute Gasteiger partial charge is 0.119 e. The van der Waals surface area contributed by atoms with Gasteiger partial charge in [0.1, 0.15) is 11.9 Å². The van der Waals surface area contributed by atoms with Crippen molar-refractivity contribution in [3.63, 3.8) is 0 Å². The van der Waals surface area contributed by atoms with Crippen LogP contribution in [0.25, 0.3) is 10.8 Å². The number of hydrogen-bond acceptors (Lipinski definition) is 6. The van der Waals surface area contributed by atoms with Crippen LogP contribution in [-0.4, -0.2) is 41.8 Å². The quantitative estimate of drug-likeness (QED) is 0.136. The molecule has 1 saturated heterocycles. The lowest BCUT2D eigenvalue weighted by Gasteiger charge is -2.19. The molecule has 7 heteroatoms. The zero-order valence-electron chi connectivity index (χ0n) is 18.9. The SMILES string of the molecule is CC(=N)N1CCC(Oc2ccc(C(COO)Cc3ccc4ccc(C(N)N)cc4c3)cc2)C1. The van der Waals surface area contributed by atoms with Crippen LogP contribution in [0.3, 0.4) is 0 Å². The van der Waals surface area contributed by atoms with Crippen LogP contribution in [0.1, 0.15) is 42.1 Å². The standard InChI is InChI=1S/C26H32N4O3/c1-17(27)30-11-10-25(15-30)33-24-8-6-20(7-9-24)23(16-32-31)13-18-2-3-19-4-5-21(26(28)29)14-22(19)12-18/h2-9,12,14,23,25-27,31H,10-11,13,15-16,28-29H2,1H3. The van der Waals surface area contributed by atoms with E-state index in [1.807, 2.05) is 54.3 Å². The summed E-state index contributed by atoms with van der Waals surface area (Å²) in [5.74, 6) is 1.39. The molecule has 1 aliphatic rings. The summed E-state index contributed by atoms with van der Waals surface area (Å²) in [5.41, 5.74) is 14.8. The summed E-state index contributed by atoms with van der Waals surface area (Å²) in [6.45, 7) is 3.61. The normalized spacial score (nSPS) is 17.0. The molecule has 7 nitrogen and oxygen atoms in total. The molecule has 1 heterocycles. The highest BCUT2D eigenvalue weighted by atomic mass is 17.1. The molecule has 1 fully saturated rings. The molecule has 33 heavy (non-hydrogen) atoms. The number of fused-ring (bicyclic) bond motifs is 1. The molecule has 3 aromatic rings. The van der Waals surface area contributed by atoms with Gasteiger partial charge in [-0.15, -0.1) is 0 Å². The Balaban J connectivity index is 1.46. The van der Waals surface area contributed by atoms with Crippen LogP contribution >= 0.6 is 0 Å². The predicted molar refractivity (Wildman–Crippen MR) is 131 cm³/mol. The van der Waals surface area contributed by atoms with Crippen molar-refractivity contribution in [1.82, 2.24) is 4.90 Å². The Morgan fingerprint density at radius 1 is 1.06 bits per heavy atom. The number of rotatable bonds is 8. The van der Waals surface area contributed by atoms with Crippen molar-refractivity contribution >= 4 is 16.6 Å². The van der Waals surface area contributed by atoms with Gasteiger partial charge in [-0.2, -0.15) is 0 Å². The molecule has 0 aromatic heterocycles. The van der Waals surface area contributed by atoms with Gasteiger partial charge < -0.3 is 21.1 Å². The lowest BCUT2D eigenvalue weighted by atomic mass is 9.91. The minimum absolute atomic E-state index is 0.0102. The van der Waals surface area contributed by atoms with Gasteiger partial charge in [0.05, 0.1) is 25.2 Å². The van der Waals surface area contributed by atoms with E-state index in [0.717, 1.165) is 52.7 Å². The largest absolute Gasteiger partial charge is 0.489 e. The first-order valence-corrected chi connectivity index (χ1v) is 11.3. The van der Waals surface area contributed by atoms with Gasteiger partial charge >= 0.3 is 0 Å². The summed E-state index contributed by atoms with van der Waals surface area (Å²) in [6, 6.07) is 20.3. The zero-order chi connectivity index (χ0) is 23.4. The van der Waals surface area contributed by atoms with Crippen molar-refractivity contribution < 1.29 is 14.9 Å². The monoisotopic (exact) mass is 448 g/mol. The molecule has 1 aliphatic heterocycles. The number of hydrogen-bond donors (Lipinski definition) is 4. The molecule has 2 unspecified atom stereocenters. The van der Waals surface area contributed by atoms with E-state index in [1.165, 1.54) is 0 Å². The van der Waals surface area contributed by atoms with Crippen molar-refractivity contribution in [3.05, 3.63) is 77.4 Å². The Morgan fingerprint density at radius 3 is 2.45 bits per heavy atom. The summed E-state index contributed by atoms with van der Waals surface area (Å²) in [4.78, 5) is 6.58. The van der Waals surface area contributed by atoms with E-state index >= 15 is 0 Å². The fourth-order valence-corrected chi connectivity index (χ4v) is 4.44. The van der Waals surface area contributed by atoms with Crippen LogP contribution in [-0.2, 0) is 11.3 Å². The van der Waals surface area contributed by atoms with Gasteiger partial charge in [0, 0.05) is 18.9 Å². The highest BCUT2D eigenvalue weighted by Crippen LogP contribution is 2.27. The highest BCUT2D eigenvalue weighted by Gasteiger charge is 2.24. The molecule has 0 radical (unpaired) electrons. The third kappa shape index (κ3) is 5.69. The van der Waals surface area contributed by atoms with Crippen LogP contribution in [0.2, 0.25) is 0 Å². The van der Waals surface area contributed by atoms with Crippen LogP contribution in [0.15, 0.2) is 60.7 Å². The van der Waals surface area contributed by atoms with Gasteiger partial charge in [0.2, 0.25) is 0 Å². The molecule has 6 N–H and O–H groups in total. The number of likely N-dealkylation sites (tertiary alicyclic amines) is 1. The molecular weight excluding hydrogens is 416 g/mol. The first-order chi connectivity index (χ1) is 15.9. The maximum absolute atomic E-state index is 9.18. The fourth-order valence-electron chi connectivity index (χ4n) is 4.44. The second kappa shape index (κ2) is 10.3. The molecule has 0 spiro atoms. The van der Waals surface area contributed by atoms with E-state index in [2.05, 4.69) is 23.1 Å². The van der Waals surface area contributed by atoms with E-state index < -0.39 is 6.17 Å². The number of ether oxygens (including phenoxy) is 1. The van der Waals surface area contributed by atoms with Crippen LogP contribution in [0.5, 0.6) is 5.75 Å². The molecular formula is C26H32N4O3. The zero-order valence-corrected chi connectivity index (χ0v) is 18.9. The van der Waals surface area contributed by atoms with Gasteiger partial charge in [0.25, 0.3) is 0 Å². The van der Waals surface area contributed by atoms with Gasteiger partial charge in [-0.3, -0.25) is 10.7 Å². The number of nitrogens with zero attached hydrogens (tertiary/aromatic N) is 1. The molecule has 0 aliphatic carbocycles. The predicted octanol–water partition coefficient (Wildman–Crippen LogP) is 4.02. The van der Waals surface area contributed by atoms with Crippen LogP contribution < -0.4 is 16.2 Å². The second-order valence-corrected chi connectivity index (χ2v) is 8.79. The first kappa shape index (κ1) is 23.2. The molecule has 174 valence electrons. The number of benzene rings is 3. The average Bonchev–Trinajstić information content (AvgIpc) is 3.28. The van der Waals surface area contributed by atoms with Crippen molar-refractivity contribution in [2.45, 2.75) is 38.0 Å². The number of nitrogens with one attached hydrogen (secondary N) is 1. The molecule has 4 rings (SSSR count). The summed E-state index contributed by atoms with van der Waals surface area (Å²) in [5, 5.41) is 19.2. The van der Waals surface area contributed by atoms with E-state index in [9.17, 15) is 5.26 Å². The summed E-state index contributed by atoms with van der Waals surface area (Å²) in [7, 11) is 0. The summed E-state index contributed by atoms with van der Waals surface area (Å²) >= 11 is 0. The average molecular weight is 449 g/mol. The van der Waals surface area contributed by atoms with E-state index in [1.54, 1.807) is 0 Å². The minimum Gasteiger partial charge on any atom is -0.489 e. The lowest BCUT2D eigenvalue weighted by Crippen LogP contribution is -2.28. The maximum Gasteiger partial charge on any atom is 0.119 e. The van der Waals surface area contributed by atoms with Crippen molar-refractivity contribution in [2.24, 2.45) is 11.5 Å². The minimum atomic E-state index is -0.504. The van der Waals surface area contributed by atoms with Gasteiger partial charge in [-0.1, -0.05) is 42.5 Å². The Kier molecular flexibility index (Phi) is 7.25. The second-order valence-electron chi connectivity index (χ2n) is 8.79. The van der Waals surface area contributed by atoms with Gasteiger partial charge in [0.15, 0.2) is 0 Å². The fraction of sp³-hybridized carbons (Fsp3) is 0.346. The first-order valence-electron chi connectivity index (χ1n) is 11.3. The maximum atomic E-state index is 9.18. The van der Waals surface area contributed by atoms with Gasteiger partial charge in [-0.25, -0.2) is 4.89 Å². The van der Waals surface area contributed by atoms with E-state index in [-0.39, 0.29) is 18.6 Å². The Morgan fingerprint density at radius 2 is 1.79 bits per heavy atom. The number of nitrogens with two attached hydrogens (primary N) is 2. The molecule has 0 saturated carbocycles. The van der Waals surface area contributed by atoms with Crippen LogP contribution in [0, 0.1) is 5.41 Å². The summed E-state index contributed by atoms with van der Waals surface area (Å²) in [6.07, 6.45) is 1.22. The molecule has 0 bridgehead atoms. The Bertz CT molecular complexity index is 1100. The van der Waals surface area contributed by atoms with Crippen molar-refractivity contribution in [1.29, 1.82) is 5.41 Å². The lowest BCUT2D eigenvalue weighted by molar-refractivity contribution is -0.245. The third-order valence-electron chi connectivity index (χ3n) is 6.35. The number of amidine groups is 1. The van der Waals surface area contributed by atoms with Gasteiger partial charge in [-0.05, 0) is 59.0 Å². The molecule has 0 amide bonds. The molecule has 3 aromatic carbocycles. The summed E-state index contributed by atoms with van der Waals surface area (Å²) < 4.78 is 6.11. The van der Waals surface area contributed by atoms with Crippen LogP contribution in [0.4, 0.5) is 0 Å². The van der Waals surface area contributed by atoms with Crippen molar-refractivity contribution in [2.75, 3.05) is 19.7 Å². The Hall–Kier alpha value is -2.97. The van der Waals surface area contributed by atoms with E-state index in [4.69, 9.17) is 21.6 Å². The molecule has 2 atom stereocenters. The highest BCUT2D eigenvalue weighted by molar-refractivity contribution is 5.84.